The van der Waals surface area contributed by atoms with Gasteiger partial charge in [-0.1, -0.05) is 0 Å². The van der Waals surface area contributed by atoms with Crippen LogP contribution >= 0.6 is 0 Å². The second kappa shape index (κ2) is 14.8. The molecule has 0 bridgehead atoms. The molecule has 50 heavy (non-hydrogen) atoms. The highest BCUT2D eigenvalue weighted by molar-refractivity contribution is 5.88. The van der Waals surface area contributed by atoms with Crippen molar-refractivity contribution >= 4 is 16.9 Å². The molecule has 19 nitrogen and oxygen atoms in total. The molecule has 0 unspecified atom stereocenters. The van der Waals surface area contributed by atoms with Crippen LogP contribution in [-0.4, -0.2) is 141 Å². The van der Waals surface area contributed by atoms with Gasteiger partial charge in [0.1, 0.15) is 77.9 Å². The molecule has 0 aliphatic carbocycles. The molecule has 5 rings (SSSR count). The number of rotatable bonds is 10. The monoisotopic (exact) mass is 712 g/mol. The summed E-state index contributed by atoms with van der Waals surface area (Å²) < 4.78 is 43.5. The molecular formula is C31H36O19. The van der Waals surface area contributed by atoms with Crippen LogP contribution in [0.3, 0.4) is 0 Å². The van der Waals surface area contributed by atoms with E-state index in [1.807, 2.05) is 0 Å². The number of phenolic OH excluding ortho intramolecular Hbond substituents is 3. The number of fused-ring (bicyclic) bond motifs is 1. The predicted octanol–water partition coefficient (Wildman–Crippen LogP) is -1.83. The van der Waals surface area contributed by atoms with Gasteiger partial charge in [-0.05, 0) is 12.1 Å². The quantitative estimate of drug-likeness (QED) is 0.104. The van der Waals surface area contributed by atoms with Crippen molar-refractivity contribution in [3.05, 3.63) is 34.5 Å². The summed E-state index contributed by atoms with van der Waals surface area (Å²) in [5, 5.41) is 93.7. The van der Waals surface area contributed by atoms with Gasteiger partial charge in [-0.15, -0.1) is 0 Å². The number of hydrogen-bond acceptors (Lipinski definition) is 19. The lowest BCUT2D eigenvalue weighted by atomic mass is 9.98. The largest absolute Gasteiger partial charge is 0.508 e. The van der Waals surface area contributed by atoms with Gasteiger partial charge >= 0.3 is 5.97 Å². The molecule has 3 aromatic rings. The van der Waals surface area contributed by atoms with Crippen LogP contribution < -0.4 is 19.6 Å². The average molecular weight is 713 g/mol. The lowest BCUT2D eigenvalue weighted by Crippen LogP contribution is -2.62. The highest BCUT2D eigenvalue weighted by Crippen LogP contribution is 2.44. The number of aromatic hydroxyl groups is 3. The molecule has 0 amide bonds. The van der Waals surface area contributed by atoms with Crippen LogP contribution in [0, 0.1) is 0 Å². The summed E-state index contributed by atoms with van der Waals surface area (Å²) in [6.07, 6.45) is -17.7. The number of esters is 1. The number of aliphatic hydroxyl groups is 6. The standard InChI is InChI=1S/C31H36O19/c1-10(32)45-8-17-21(36)24(39)26(41)30(48-17)46-9-18-22(37)25(40)27(42)31(49-18)50-29-23(38)19-13(34)6-12(33)7-14(19)47-28(29)11-4-15(43-2)20(35)16(5-11)44-3/h4-7,17-18,21-22,24-27,30-31,33-37,39-42H,8-9H2,1-3H3/t17-,18+,21-,22+,24+,25+,26+,27-,30-,31+/m1/s1. The number of ether oxygens (including phenoxy) is 7. The highest BCUT2D eigenvalue weighted by Gasteiger charge is 2.48. The fourth-order valence-electron chi connectivity index (χ4n) is 5.44. The van der Waals surface area contributed by atoms with E-state index < -0.39 is 120 Å². The second-order valence-corrected chi connectivity index (χ2v) is 11.4. The number of aliphatic hydroxyl groups excluding tert-OH is 6. The Hall–Kier alpha value is -4.44. The van der Waals surface area contributed by atoms with Crippen molar-refractivity contribution in [3.63, 3.8) is 0 Å². The van der Waals surface area contributed by atoms with Gasteiger partial charge in [-0.2, -0.15) is 0 Å². The Kier molecular flexibility index (Phi) is 10.9. The van der Waals surface area contributed by atoms with E-state index in [1.54, 1.807) is 0 Å². The summed E-state index contributed by atoms with van der Waals surface area (Å²) in [5.74, 6) is -3.66. The number of hydrogen-bond donors (Lipinski definition) is 9. The van der Waals surface area contributed by atoms with Crippen molar-refractivity contribution in [1.29, 1.82) is 0 Å². The van der Waals surface area contributed by atoms with E-state index in [0.717, 1.165) is 19.1 Å². The molecule has 9 N–H and O–H groups in total. The van der Waals surface area contributed by atoms with Crippen molar-refractivity contribution in [2.24, 2.45) is 0 Å². The molecule has 0 spiro atoms. The van der Waals surface area contributed by atoms with Gasteiger partial charge in [0, 0.05) is 24.6 Å². The number of carbonyl (C=O) groups excluding carboxylic acids is 1. The van der Waals surface area contributed by atoms with Crippen LogP contribution in [0.25, 0.3) is 22.3 Å². The van der Waals surface area contributed by atoms with E-state index in [9.17, 15) is 55.5 Å². The van der Waals surface area contributed by atoms with Gasteiger partial charge in [0.15, 0.2) is 23.5 Å². The lowest BCUT2D eigenvalue weighted by molar-refractivity contribution is -0.323. The molecule has 0 radical (unpaired) electrons. The van der Waals surface area contributed by atoms with Crippen molar-refractivity contribution in [3.8, 4) is 45.8 Å². The van der Waals surface area contributed by atoms with Crippen LogP contribution in [0.4, 0.5) is 0 Å². The molecular weight excluding hydrogens is 676 g/mol. The molecule has 10 atom stereocenters. The van der Waals surface area contributed by atoms with Gasteiger partial charge in [-0.25, -0.2) is 0 Å². The molecule has 0 saturated carbocycles. The number of methoxy groups -OCH3 is 2. The minimum absolute atomic E-state index is 0.00779. The Morgan fingerprint density at radius 2 is 1.32 bits per heavy atom. The van der Waals surface area contributed by atoms with Crippen molar-refractivity contribution in [2.45, 2.75) is 68.3 Å². The first-order chi connectivity index (χ1) is 23.7. The normalized spacial score (nSPS) is 29.8. The van der Waals surface area contributed by atoms with Crippen LogP contribution in [0.15, 0.2) is 33.5 Å². The smallest absolute Gasteiger partial charge is 0.302 e. The highest BCUT2D eigenvalue weighted by atomic mass is 16.7. The van der Waals surface area contributed by atoms with Crippen LogP contribution in [0.1, 0.15) is 6.92 Å². The van der Waals surface area contributed by atoms with E-state index in [0.29, 0.717) is 0 Å². The van der Waals surface area contributed by atoms with E-state index in [-0.39, 0.29) is 22.6 Å². The van der Waals surface area contributed by atoms with Crippen LogP contribution in [0.2, 0.25) is 0 Å². The first-order valence-corrected chi connectivity index (χ1v) is 15.0. The third-order valence-electron chi connectivity index (χ3n) is 8.11. The van der Waals surface area contributed by atoms with E-state index >= 15 is 0 Å². The van der Waals surface area contributed by atoms with Gasteiger partial charge in [0.05, 0.1) is 20.8 Å². The van der Waals surface area contributed by atoms with Gasteiger partial charge in [0.25, 0.3) is 0 Å². The molecule has 1 aromatic heterocycles. The van der Waals surface area contributed by atoms with Crippen molar-refractivity contribution < 1.29 is 88.3 Å². The Morgan fingerprint density at radius 3 is 1.90 bits per heavy atom. The van der Waals surface area contributed by atoms with E-state index in [1.165, 1.54) is 26.4 Å². The zero-order chi connectivity index (χ0) is 36.6. The third-order valence-corrected chi connectivity index (χ3v) is 8.11. The van der Waals surface area contributed by atoms with Gasteiger partial charge < -0.3 is 83.5 Å². The summed E-state index contributed by atoms with van der Waals surface area (Å²) in [7, 11) is 2.48. The maximum atomic E-state index is 13.9. The topological polar surface area (TPSA) is 294 Å². The summed E-state index contributed by atoms with van der Waals surface area (Å²) in [6, 6.07) is 4.37. The maximum absolute atomic E-state index is 13.9. The molecule has 2 aromatic carbocycles. The minimum Gasteiger partial charge on any atom is -0.508 e. The van der Waals surface area contributed by atoms with Gasteiger partial charge in [0.2, 0.25) is 23.2 Å². The van der Waals surface area contributed by atoms with Crippen molar-refractivity contribution in [2.75, 3.05) is 27.4 Å². The minimum atomic E-state index is -2.02. The first kappa shape index (κ1) is 36.8. The van der Waals surface area contributed by atoms with Crippen LogP contribution in [0.5, 0.6) is 34.5 Å². The Balaban J connectivity index is 1.48. The summed E-state index contributed by atoms with van der Waals surface area (Å²) in [4.78, 5) is 25.1. The lowest BCUT2D eigenvalue weighted by Gasteiger charge is -2.42. The molecule has 2 fully saturated rings. The fraction of sp³-hybridized carbons (Fsp3) is 0.484. The Bertz CT molecular complexity index is 1730. The number of benzene rings is 2. The second-order valence-electron chi connectivity index (χ2n) is 11.4. The SMILES string of the molecule is COc1cc(-c2oc3cc(O)cc(O)c3c(=O)c2O[C@@H]2O[C@@H](CO[C@@H]3O[C@H](COC(C)=O)[C@@H](O)[C@H](O)[C@@H]3O)[C@H](O)[C@H](O)[C@H]2O)cc(OC)c1O. The molecule has 2 saturated heterocycles. The number of carbonyl (C=O) groups is 1. The summed E-state index contributed by atoms with van der Waals surface area (Å²) in [5.41, 5.74) is -1.36. The maximum Gasteiger partial charge on any atom is 0.302 e. The predicted molar refractivity (Wildman–Crippen MR) is 163 cm³/mol. The zero-order valence-corrected chi connectivity index (χ0v) is 26.6. The van der Waals surface area contributed by atoms with Gasteiger partial charge in [-0.3, -0.25) is 9.59 Å². The first-order valence-electron chi connectivity index (χ1n) is 15.0. The number of phenols is 3. The summed E-state index contributed by atoms with van der Waals surface area (Å²) >= 11 is 0. The molecule has 19 heteroatoms. The summed E-state index contributed by atoms with van der Waals surface area (Å²) in [6.45, 7) is -0.111. The van der Waals surface area contributed by atoms with E-state index in [4.69, 9.17) is 37.6 Å². The van der Waals surface area contributed by atoms with Crippen molar-refractivity contribution in [1.82, 2.24) is 0 Å². The average Bonchev–Trinajstić information content (AvgIpc) is 3.07. The van der Waals surface area contributed by atoms with E-state index in [2.05, 4.69) is 0 Å². The van der Waals surface area contributed by atoms with Crippen LogP contribution in [-0.2, 0) is 23.7 Å². The fourth-order valence-corrected chi connectivity index (χ4v) is 5.44. The molecule has 274 valence electrons. The zero-order valence-electron chi connectivity index (χ0n) is 26.6. The Labute approximate surface area is 281 Å². The molecule has 2 aliphatic rings. The third kappa shape index (κ3) is 7.08. The molecule has 3 heterocycles. The Morgan fingerprint density at radius 1 is 0.760 bits per heavy atom. The molecule has 2 aliphatic heterocycles.